The van der Waals surface area contributed by atoms with E-state index in [4.69, 9.17) is 0 Å². The van der Waals surface area contributed by atoms with E-state index in [0.717, 1.165) is 0 Å². The van der Waals surface area contributed by atoms with Crippen LogP contribution in [0.4, 0.5) is 0 Å². The zero-order valence-electron chi connectivity index (χ0n) is 12.0. The molecular formula is C15H15NO6. The number of Topliss-reactive ketones (excluding diaryl/α,β-unsaturated/α-hetero) is 1. The highest BCUT2D eigenvalue weighted by Crippen LogP contribution is 2.43. The van der Waals surface area contributed by atoms with Crippen molar-refractivity contribution in [3.8, 4) is 0 Å². The quantitative estimate of drug-likeness (QED) is 0.624. The van der Waals surface area contributed by atoms with Gasteiger partial charge < -0.3 is 15.1 Å². The SMILES string of the molecule is CC1[C@@H](C(=O)O)N(C(=O)C(=O)c2ccccc2)[C@]1(C)C(=O)O. The van der Waals surface area contributed by atoms with Crippen molar-refractivity contribution in [3.05, 3.63) is 35.9 Å². The van der Waals surface area contributed by atoms with Crippen molar-refractivity contribution in [1.82, 2.24) is 4.90 Å². The maximum absolute atomic E-state index is 12.4. The van der Waals surface area contributed by atoms with Crippen LogP contribution >= 0.6 is 0 Å². The van der Waals surface area contributed by atoms with E-state index in [9.17, 15) is 29.4 Å². The Morgan fingerprint density at radius 3 is 2.09 bits per heavy atom. The van der Waals surface area contributed by atoms with Gasteiger partial charge in [-0.3, -0.25) is 9.59 Å². The molecule has 1 aromatic rings. The second-order valence-electron chi connectivity index (χ2n) is 5.39. The van der Waals surface area contributed by atoms with Crippen molar-refractivity contribution in [2.45, 2.75) is 25.4 Å². The summed E-state index contributed by atoms with van der Waals surface area (Å²) in [6, 6.07) is 6.28. The number of carboxylic acids is 2. The second-order valence-corrected chi connectivity index (χ2v) is 5.39. The topological polar surface area (TPSA) is 112 Å². The van der Waals surface area contributed by atoms with Crippen LogP contribution in [-0.2, 0) is 14.4 Å². The summed E-state index contributed by atoms with van der Waals surface area (Å²) < 4.78 is 0. The summed E-state index contributed by atoms with van der Waals surface area (Å²) in [5.74, 6) is -5.53. The number of nitrogens with zero attached hydrogens (tertiary/aromatic N) is 1. The molecule has 0 aromatic heterocycles. The first-order valence-corrected chi connectivity index (χ1v) is 6.62. The largest absolute Gasteiger partial charge is 0.480 e. The predicted octanol–water partition coefficient (Wildman–Crippen LogP) is 0.644. The van der Waals surface area contributed by atoms with E-state index < -0.39 is 41.1 Å². The molecule has 7 heteroatoms. The van der Waals surface area contributed by atoms with E-state index in [1.54, 1.807) is 18.2 Å². The van der Waals surface area contributed by atoms with Crippen LogP contribution in [0.1, 0.15) is 24.2 Å². The van der Waals surface area contributed by atoms with Crippen molar-refractivity contribution in [2.24, 2.45) is 5.92 Å². The summed E-state index contributed by atoms with van der Waals surface area (Å²) in [7, 11) is 0. The molecule has 1 saturated heterocycles. The zero-order valence-corrected chi connectivity index (χ0v) is 12.0. The smallest absolute Gasteiger partial charge is 0.329 e. The van der Waals surface area contributed by atoms with Gasteiger partial charge in [-0.25, -0.2) is 9.59 Å². The molecule has 0 bridgehead atoms. The molecule has 2 N–H and O–H groups in total. The van der Waals surface area contributed by atoms with E-state index in [2.05, 4.69) is 0 Å². The number of aliphatic carboxylic acids is 2. The predicted molar refractivity (Wildman–Crippen MR) is 74.2 cm³/mol. The van der Waals surface area contributed by atoms with Crippen molar-refractivity contribution >= 4 is 23.6 Å². The normalized spacial score (nSPS) is 26.9. The van der Waals surface area contributed by atoms with Crippen LogP contribution in [-0.4, -0.2) is 50.3 Å². The van der Waals surface area contributed by atoms with Gasteiger partial charge in [-0.15, -0.1) is 0 Å². The lowest BCUT2D eigenvalue weighted by Crippen LogP contribution is -2.78. The fraction of sp³-hybridized carbons (Fsp3) is 0.333. The third-order valence-corrected chi connectivity index (χ3v) is 4.27. The van der Waals surface area contributed by atoms with Gasteiger partial charge in [0.05, 0.1) is 0 Å². The molecule has 0 aliphatic carbocycles. The molecule has 1 fully saturated rings. The van der Waals surface area contributed by atoms with Gasteiger partial charge in [-0.1, -0.05) is 37.3 Å². The number of hydrogen-bond donors (Lipinski definition) is 2. The number of benzene rings is 1. The molecule has 0 radical (unpaired) electrons. The van der Waals surface area contributed by atoms with Crippen LogP contribution in [0.2, 0.25) is 0 Å². The first-order chi connectivity index (χ1) is 10.2. The molecule has 1 aliphatic heterocycles. The fourth-order valence-corrected chi connectivity index (χ4v) is 2.74. The second kappa shape index (κ2) is 5.25. The minimum atomic E-state index is -1.72. The van der Waals surface area contributed by atoms with Gasteiger partial charge in [0.1, 0.15) is 11.6 Å². The van der Waals surface area contributed by atoms with E-state index in [1.807, 2.05) is 0 Å². The number of ketones is 1. The van der Waals surface area contributed by atoms with E-state index in [1.165, 1.54) is 26.0 Å². The minimum absolute atomic E-state index is 0.0870. The molecule has 1 unspecified atom stereocenters. The minimum Gasteiger partial charge on any atom is -0.480 e. The summed E-state index contributed by atoms with van der Waals surface area (Å²) in [5, 5.41) is 18.5. The van der Waals surface area contributed by atoms with Crippen molar-refractivity contribution < 1.29 is 29.4 Å². The number of amides is 1. The highest BCUT2D eigenvalue weighted by molar-refractivity contribution is 6.43. The Bertz CT molecular complexity index is 655. The third-order valence-electron chi connectivity index (χ3n) is 4.27. The fourth-order valence-electron chi connectivity index (χ4n) is 2.74. The number of carboxylic acid groups (broad SMARTS) is 2. The Morgan fingerprint density at radius 2 is 1.64 bits per heavy atom. The van der Waals surface area contributed by atoms with E-state index in [0.29, 0.717) is 4.90 Å². The lowest BCUT2D eigenvalue weighted by molar-refractivity contribution is -0.195. The summed E-state index contributed by atoms with van der Waals surface area (Å²) in [6.07, 6.45) is 0. The number of likely N-dealkylation sites (tertiary alicyclic amines) is 1. The average molecular weight is 305 g/mol. The first-order valence-electron chi connectivity index (χ1n) is 6.62. The van der Waals surface area contributed by atoms with Gasteiger partial charge in [0.15, 0.2) is 0 Å². The van der Waals surface area contributed by atoms with Crippen molar-refractivity contribution in [3.63, 3.8) is 0 Å². The molecule has 1 amide bonds. The Hall–Kier alpha value is -2.70. The molecule has 1 aliphatic rings. The van der Waals surface area contributed by atoms with Gasteiger partial charge in [0, 0.05) is 11.5 Å². The molecule has 2 rings (SSSR count). The third kappa shape index (κ3) is 2.05. The molecule has 3 atom stereocenters. The van der Waals surface area contributed by atoms with Crippen LogP contribution in [0.5, 0.6) is 0 Å². The Kier molecular flexibility index (Phi) is 3.74. The molecule has 0 spiro atoms. The average Bonchev–Trinajstić information content (AvgIpc) is 2.49. The monoisotopic (exact) mass is 305 g/mol. The van der Waals surface area contributed by atoms with Crippen LogP contribution in [0.15, 0.2) is 30.3 Å². The Morgan fingerprint density at radius 1 is 1.09 bits per heavy atom. The van der Waals surface area contributed by atoms with E-state index in [-0.39, 0.29) is 5.56 Å². The van der Waals surface area contributed by atoms with Gasteiger partial charge in [0.2, 0.25) is 5.78 Å². The van der Waals surface area contributed by atoms with Crippen molar-refractivity contribution in [1.29, 1.82) is 0 Å². The lowest BCUT2D eigenvalue weighted by atomic mass is 9.69. The highest BCUT2D eigenvalue weighted by Gasteiger charge is 2.65. The molecule has 0 saturated carbocycles. The summed E-state index contributed by atoms with van der Waals surface area (Å²) in [6.45, 7) is 2.68. The molecule has 116 valence electrons. The van der Waals surface area contributed by atoms with Crippen LogP contribution < -0.4 is 0 Å². The molecule has 22 heavy (non-hydrogen) atoms. The number of hydrogen-bond acceptors (Lipinski definition) is 4. The zero-order chi connectivity index (χ0) is 16.7. The maximum Gasteiger partial charge on any atom is 0.329 e. The van der Waals surface area contributed by atoms with Gasteiger partial charge in [0.25, 0.3) is 5.91 Å². The summed E-state index contributed by atoms with van der Waals surface area (Å²) in [5.41, 5.74) is -1.63. The lowest BCUT2D eigenvalue weighted by Gasteiger charge is -2.56. The summed E-state index contributed by atoms with van der Waals surface area (Å²) in [4.78, 5) is 47.9. The van der Waals surface area contributed by atoms with Gasteiger partial charge in [-0.05, 0) is 6.92 Å². The molecule has 1 aromatic carbocycles. The molecular weight excluding hydrogens is 290 g/mol. The first kappa shape index (κ1) is 15.7. The highest BCUT2D eigenvalue weighted by atomic mass is 16.4. The number of carbonyl (C=O) groups is 4. The van der Waals surface area contributed by atoms with E-state index >= 15 is 0 Å². The van der Waals surface area contributed by atoms with Gasteiger partial charge >= 0.3 is 11.9 Å². The Labute approximate surface area is 126 Å². The Balaban J connectivity index is 2.39. The standard InChI is InChI=1S/C15H15NO6/c1-8-10(13(19)20)16(15(8,2)14(21)22)12(18)11(17)9-6-4-3-5-7-9/h3-8,10H,1-2H3,(H,19,20)(H,21,22)/t8?,10-,15-/m0/s1. The van der Waals surface area contributed by atoms with Crippen LogP contribution in [0.3, 0.4) is 0 Å². The number of rotatable bonds is 4. The van der Waals surface area contributed by atoms with Gasteiger partial charge in [-0.2, -0.15) is 0 Å². The molecule has 1 heterocycles. The van der Waals surface area contributed by atoms with Crippen LogP contribution in [0.25, 0.3) is 0 Å². The summed E-state index contributed by atoms with van der Waals surface area (Å²) >= 11 is 0. The van der Waals surface area contributed by atoms with Crippen molar-refractivity contribution in [2.75, 3.05) is 0 Å². The van der Waals surface area contributed by atoms with Crippen LogP contribution in [0, 0.1) is 5.92 Å². The maximum atomic E-state index is 12.4. The number of carbonyl (C=O) groups excluding carboxylic acids is 2. The molecule has 7 nitrogen and oxygen atoms in total.